The third-order valence-electron chi connectivity index (χ3n) is 2.45. The Labute approximate surface area is 116 Å². The molecule has 0 aromatic heterocycles. The number of anilines is 2. The van der Waals surface area contributed by atoms with E-state index in [1.165, 1.54) is 6.92 Å². The van der Waals surface area contributed by atoms with Crippen molar-refractivity contribution in [3.05, 3.63) is 59.8 Å². The molecule has 0 heterocycles. The van der Waals surface area contributed by atoms with Gasteiger partial charge in [-0.05, 0) is 36.4 Å². The molecular weight excluding hydrogens is 256 g/mol. The van der Waals surface area contributed by atoms with Gasteiger partial charge in [-0.2, -0.15) is 0 Å². The van der Waals surface area contributed by atoms with Crippen molar-refractivity contribution < 1.29 is 9.66 Å². The van der Waals surface area contributed by atoms with Crippen LogP contribution in [-0.2, 0) is 4.79 Å². The van der Waals surface area contributed by atoms with Crippen molar-refractivity contribution in [2.45, 2.75) is 6.92 Å². The van der Waals surface area contributed by atoms with Crippen molar-refractivity contribution in [2.75, 3.05) is 10.7 Å². The van der Waals surface area contributed by atoms with E-state index < -0.39 is 0 Å². The highest BCUT2D eigenvalue weighted by Crippen LogP contribution is 2.14. The number of para-hydroxylation sites is 1. The van der Waals surface area contributed by atoms with Crippen molar-refractivity contribution in [3.8, 4) is 0 Å². The summed E-state index contributed by atoms with van der Waals surface area (Å²) in [5, 5.41) is 18.0. The maximum Gasteiger partial charge on any atom is 0.221 e. The first-order chi connectivity index (χ1) is 9.65. The largest absolute Gasteiger partial charge is 0.691 e. The van der Waals surface area contributed by atoms with Gasteiger partial charge in [0.2, 0.25) is 5.91 Å². The van der Waals surface area contributed by atoms with Gasteiger partial charge in [-0.25, -0.2) is 0 Å². The maximum absolute atomic E-state index is 11.7. The van der Waals surface area contributed by atoms with Crippen LogP contribution in [0.2, 0.25) is 0 Å². The van der Waals surface area contributed by atoms with Crippen LogP contribution in [0.3, 0.4) is 0 Å². The first-order valence-corrected chi connectivity index (χ1v) is 6.02. The SMILES string of the molecule is CC(=O)Nc1ccc(NN=[N+]([O-])c2ccccc2)cc1. The molecule has 6 nitrogen and oxygen atoms in total. The van der Waals surface area contributed by atoms with Crippen LogP contribution >= 0.6 is 0 Å². The zero-order chi connectivity index (χ0) is 14.4. The van der Waals surface area contributed by atoms with Crippen LogP contribution in [0.15, 0.2) is 59.8 Å². The molecule has 2 aromatic rings. The van der Waals surface area contributed by atoms with Crippen molar-refractivity contribution in [3.63, 3.8) is 0 Å². The normalized spacial score (nSPS) is 10.9. The van der Waals surface area contributed by atoms with E-state index in [1.807, 2.05) is 6.07 Å². The fourth-order valence-corrected chi connectivity index (χ4v) is 1.55. The lowest BCUT2D eigenvalue weighted by Crippen LogP contribution is -2.05. The second-order valence-electron chi connectivity index (χ2n) is 4.08. The van der Waals surface area contributed by atoms with E-state index in [-0.39, 0.29) is 5.91 Å². The number of hydrogen-bond acceptors (Lipinski definition) is 3. The van der Waals surface area contributed by atoms with Crippen LogP contribution in [0, 0.1) is 5.21 Å². The molecule has 0 unspecified atom stereocenters. The molecule has 0 saturated heterocycles. The molecule has 6 heteroatoms. The van der Waals surface area contributed by atoms with Gasteiger partial charge in [0, 0.05) is 12.6 Å². The molecule has 102 valence electrons. The summed E-state index contributed by atoms with van der Waals surface area (Å²) in [5.74, 6) is -0.134. The molecule has 0 saturated carbocycles. The summed E-state index contributed by atoms with van der Waals surface area (Å²) < 4.78 is 0. The summed E-state index contributed by atoms with van der Waals surface area (Å²) in [6.07, 6.45) is 0. The minimum absolute atomic E-state index is 0.134. The van der Waals surface area contributed by atoms with E-state index in [1.54, 1.807) is 48.5 Å². The van der Waals surface area contributed by atoms with Gasteiger partial charge in [0.05, 0.1) is 5.22 Å². The van der Waals surface area contributed by atoms with Gasteiger partial charge in [-0.15, -0.1) is 10.3 Å². The van der Waals surface area contributed by atoms with E-state index in [2.05, 4.69) is 16.0 Å². The lowest BCUT2D eigenvalue weighted by atomic mass is 10.3. The molecule has 2 aromatic carbocycles. The Kier molecular flexibility index (Phi) is 4.28. The van der Waals surface area contributed by atoms with Crippen LogP contribution in [0.25, 0.3) is 0 Å². The standard InChI is InChI=1S/C14H14N4O2/c1-11(19)15-12-7-9-13(10-8-12)16-17-18(20)14-5-3-2-4-6-14/h2-10,16H,1H3,(H,15,19). The lowest BCUT2D eigenvalue weighted by Gasteiger charge is -2.05. The molecule has 0 spiro atoms. The Balaban J connectivity index is 2.02. The Bertz CT molecular complexity index is 609. The first-order valence-electron chi connectivity index (χ1n) is 6.02. The fraction of sp³-hybridized carbons (Fsp3) is 0.0714. The molecule has 0 aliphatic rings. The number of carbonyl (C=O) groups excluding carboxylic acids is 1. The first kappa shape index (κ1) is 13.5. The quantitative estimate of drug-likeness (QED) is 0.508. The molecule has 0 bridgehead atoms. The molecule has 0 atom stereocenters. The molecule has 2 N–H and O–H groups in total. The monoisotopic (exact) mass is 270 g/mol. The number of nitrogens with one attached hydrogen (secondary N) is 2. The van der Waals surface area contributed by atoms with Crippen LogP contribution in [0.4, 0.5) is 17.1 Å². The second-order valence-corrected chi connectivity index (χ2v) is 4.08. The van der Waals surface area contributed by atoms with Crippen LogP contribution in [-0.4, -0.2) is 10.8 Å². The summed E-state index contributed by atoms with van der Waals surface area (Å²) in [4.78, 5) is 11.4. The molecule has 0 aliphatic carbocycles. The van der Waals surface area contributed by atoms with Crippen molar-refractivity contribution in [2.24, 2.45) is 5.22 Å². The van der Waals surface area contributed by atoms with E-state index in [0.29, 0.717) is 21.9 Å². The third kappa shape index (κ3) is 3.81. The summed E-state index contributed by atoms with van der Waals surface area (Å²) in [7, 11) is 0. The van der Waals surface area contributed by atoms with Gasteiger partial charge in [0.15, 0.2) is 5.69 Å². The van der Waals surface area contributed by atoms with Crippen molar-refractivity contribution >= 4 is 23.0 Å². The van der Waals surface area contributed by atoms with Crippen LogP contribution < -0.4 is 10.7 Å². The third-order valence-corrected chi connectivity index (χ3v) is 2.45. The highest BCUT2D eigenvalue weighted by molar-refractivity contribution is 5.88. The Morgan fingerprint density at radius 1 is 1.05 bits per heavy atom. The Morgan fingerprint density at radius 3 is 2.25 bits per heavy atom. The molecular formula is C14H14N4O2. The van der Waals surface area contributed by atoms with Crippen molar-refractivity contribution in [1.29, 1.82) is 0 Å². The topological polar surface area (TPSA) is 79.6 Å². The average Bonchev–Trinajstić information content (AvgIpc) is 2.46. The van der Waals surface area contributed by atoms with Gasteiger partial charge >= 0.3 is 0 Å². The van der Waals surface area contributed by atoms with Gasteiger partial charge in [-0.3, -0.25) is 4.79 Å². The van der Waals surface area contributed by atoms with E-state index in [0.717, 1.165) is 0 Å². The molecule has 2 rings (SSSR count). The molecule has 20 heavy (non-hydrogen) atoms. The predicted octanol–water partition coefficient (Wildman–Crippen LogP) is 3.27. The highest BCUT2D eigenvalue weighted by Gasteiger charge is 2.00. The minimum atomic E-state index is -0.134. The molecule has 0 fully saturated rings. The summed E-state index contributed by atoms with van der Waals surface area (Å²) in [6, 6.07) is 15.5. The average molecular weight is 270 g/mol. The van der Waals surface area contributed by atoms with E-state index in [9.17, 15) is 10.0 Å². The maximum atomic E-state index is 11.7. The number of hydrogen-bond donors (Lipinski definition) is 2. The summed E-state index contributed by atoms with van der Waals surface area (Å²) >= 11 is 0. The van der Waals surface area contributed by atoms with Gasteiger partial charge in [-0.1, -0.05) is 18.2 Å². The van der Waals surface area contributed by atoms with Crippen LogP contribution in [0.5, 0.6) is 0 Å². The second kappa shape index (κ2) is 6.33. The lowest BCUT2D eigenvalue weighted by molar-refractivity contribution is -0.439. The zero-order valence-electron chi connectivity index (χ0n) is 10.9. The molecule has 1 amide bonds. The number of amides is 1. The Hall–Kier alpha value is -2.89. The Morgan fingerprint density at radius 2 is 1.65 bits per heavy atom. The van der Waals surface area contributed by atoms with Gasteiger partial charge in [0.25, 0.3) is 0 Å². The van der Waals surface area contributed by atoms with Gasteiger partial charge < -0.3 is 10.5 Å². The van der Waals surface area contributed by atoms with E-state index in [4.69, 9.17) is 0 Å². The number of rotatable bonds is 4. The molecule has 0 radical (unpaired) electrons. The van der Waals surface area contributed by atoms with Crippen LogP contribution in [0.1, 0.15) is 6.92 Å². The van der Waals surface area contributed by atoms with Gasteiger partial charge in [0.1, 0.15) is 5.69 Å². The highest BCUT2D eigenvalue weighted by atomic mass is 16.5. The fourth-order valence-electron chi connectivity index (χ4n) is 1.55. The summed E-state index contributed by atoms with van der Waals surface area (Å²) in [5.41, 5.74) is 4.42. The molecule has 0 aliphatic heterocycles. The van der Waals surface area contributed by atoms with Crippen molar-refractivity contribution in [1.82, 2.24) is 0 Å². The number of carbonyl (C=O) groups is 1. The number of benzene rings is 2. The predicted molar refractivity (Wildman–Crippen MR) is 76.5 cm³/mol. The summed E-state index contributed by atoms with van der Waals surface area (Å²) in [6.45, 7) is 1.44. The number of nitrogens with zero attached hydrogens (tertiary/aromatic N) is 2. The zero-order valence-corrected chi connectivity index (χ0v) is 10.9. The van der Waals surface area contributed by atoms with E-state index >= 15 is 0 Å². The smallest absolute Gasteiger partial charge is 0.221 e. The minimum Gasteiger partial charge on any atom is -0.691 e.